The van der Waals surface area contributed by atoms with Crippen molar-refractivity contribution in [2.75, 3.05) is 0 Å². The first kappa shape index (κ1) is 6.88. The van der Waals surface area contributed by atoms with Gasteiger partial charge < -0.3 is 4.42 Å². The predicted molar refractivity (Wildman–Crippen MR) is 56.9 cm³/mol. The second-order valence-electron chi connectivity index (χ2n) is 4.18. The van der Waals surface area contributed by atoms with Crippen molar-refractivity contribution >= 4 is 21.9 Å². The number of benzene rings is 2. The van der Waals surface area contributed by atoms with Crippen LogP contribution in [0.4, 0.5) is 0 Å². The highest BCUT2D eigenvalue weighted by Crippen LogP contribution is 2.35. The van der Waals surface area contributed by atoms with E-state index in [9.17, 15) is 0 Å². The van der Waals surface area contributed by atoms with Gasteiger partial charge >= 0.3 is 0 Å². The topological polar surface area (TPSA) is 13.1 Å². The zero-order chi connectivity index (χ0) is 9.12. The molecule has 0 saturated carbocycles. The van der Waals surface area contributed by atoms with Crippen LogP contribution in [-0.4, -0.2) is 0 Å². The molecule has 3 aromatic rings. The Kier molecular flexibility index (Phi) is 1.04. The van der Waals surface area contributed by atoms with Crippen LogP contribution in [0.15, 0.2) is 28.7 Å². The molecule has 0 saturated heterocycles. The van der Waals surface area contributed by atoms with Crippen molar-refractivity contribution in [2.45, 2.75) is 19.3 Å². The molecule has 4 rings (SSSR count). The molecule has 0 N–H and O–H groups in total. The average molecular weight is 182 g/mol. The van der Waals surface area contributed by atoms with Gasteiger partial charge in [-0.15, -0.1) is 0 Å². The molecule has 0 atom stereocenters. The number of hydrogen-bond donors (Lipinski definition) is 0. The Morgan fingerprint density at radius 3 is 2.00 bits per heavy atom. The second-order valence-corrected chi connectivity index (χ2v) is 4.18. The lowest BCUT2D eigenvalue weighted by Gasteiger charge is -1.99. The molecule has 68 valence electrons. The van der Waals surface area contributed by atoms with Gasteiger partial charge in [0.25, 0.3) is 0 Å². The summed E-state index contributed by atoms with van der Waals surface area (Å²) < 4.78 is 5.64. The first-order valence-corrected chi connectivity index (χ1v) is 5.18. The van der Waals surface area contributed by atoms with Crippen LogP contribution in [0.5, 0.6) is 0 Å². The summed E-state index contributed by atoms with van der Waals surface area (Å²) in [4.78, 5) is 0. The predicted octanol–water partition coefficient (Wildman–Crippen LogP) is 3.51. The van der Waals surface area contributed by atoms with E-state index in [1.165, 1.54) is 41.2 Å². The molecule has 0 radical (unpaired) electrons. The molecule has 0 fully saturated rings. The summed E-state index contributed by atoms with van der Waals surface area (Å²) in [5, 5.41) is 2.62. The molecule has 1 heteroatoms. The highest BCUT2D eigenvalue weighted by molar-refractivity contribution is 6.07. The lowest BCUT2D eigenvalue weighted by atomic mass is 10.0. The van der Waals surface area contributed by atoms with E-state index in [-0.39, 0.29) is 0 Å². The normalized spacial score (nSPS) is 15.7. The second kappa shape index (κ2) is 2.11. The molecule has 2 aromatic heterocycles. The number of furan rings is 2. The minimum absolute atomic E-state index is 1.05. The minimum atomic E-state index is 1.05. The third kappa shape index (κ3) is 0.674. The minimum Gasteiger partial charge on any atom is -0.456 e. The van der Waals surface area contributed by atoms with E-state index in [1.807, 2.05) is 0 Å². The van der Waals surface area contributed by atoms with E-state index in [0.29, 0.717) is 0 Å². The van der Waals surface area contributed by atoms with E-state index in [4.69, 9.17) is 4.42 Å². The van der Waals surface area contributed by atoms with Crippen molar-refractivity contribution in [3.05, 3.63) is 35.4 Å². The Labute approximate surface area is 81.7 Å². The third-order valence-corrected chi connectivity index (χ3v) is 3.37. The van der Waals surface area contributed by atoms with Gasteiger partial charge in [-0.1, -0.05) is 0 Å². The average Bonchev–Trinajstić information content (AvgIpc) is 2.90. The van der Waals surface area contributed by atoms with Crippen LogP contribution in [0.2, 0.25) is 0 Å². The Bertz CT molecular complexity index is 566. The molecule has 14 heavy (non-hydrogen) atoms. The van der Waals surface area contributed by atoms with Crippen LogP contribution in [-0.2, 0) is 12.8 Å². The third-order valence-electron chi connectivity index (χ3n) is 3.37. The highest BCUT2D eigenvalue weighted by atomic mass is 16.3. The monoisotopic (exact) mass is 182 g/mol. The van der Waals surface area contributed by atoms with Gasteiger partial charge in [-0.25, -0.2) is 0 Å². The van der Waals surface area contributed by atoms with Crippen molar-refractivity contribution in [1.29, 1.82) is 0 Å². The number of hydrogen-bond acceptors (Lipinski definition) is 1. The summed E-state index contributed by atoms with van der Waals surface area (Å²) in [5.41, 5.74) is 5.15. The fourth-order valence-corrected chi connectivity index (χ4v) is 2.66. The van der Waals surface area contributed by atoms with Crippen molar-refractivity contribution in [3.63, 3.8) is 0 Å². The fourth-order valence-electron chi connectivity index (χ4n) is 2.66. The Hall–Kier alpha value is -1.50. The van der Waals surface area contributed by atoms with Crippen molar-refractivity contribution in [3.8, 4) is 0 Å². The zero-order valence-electron chi connectivity index (χ0n) is 7.84. The lowest BCUT2D eigenvalue weighted by molar-refractivity contribution is 0.679. The smallest absolute Gasteiger partial charge is 0.135 e. The van der Waals surface area contributed by atoms with Crippen LogP contribution in [0.3, 0.4) is 0 Å². The van der Waals surface area contributed by atoms with Gasteiger partial charge in [-0.05, 0) is 54.7 Å². The molecule has 1 nitrogen and oxygen atoms in total. The fraction of sp³-hybridized carbons (Fsp3) is 0.231. The number of aryl methyl sites for hydroxylation is 2. The van der Waals surface area contributed by atoms with E-state index in [0.717, 1.165) is 11.2 Å². The summed E-state index contributed by atoms with van der Waals surface area (Å²) in [6, 6.07) is 8.78. The van der Waals surface area contributed by atoms with Gasteiger partial charge in [0, 0.05) is 10.8 Å². The van der Waals surface area contributed by atoms with Gasteiger partial charge in [0.05, 0.1) is 0 Å². The molecule has 1 aromatic carbocycles. The molecule has 1 aliphatic rings. The van der Waals surface area contributed by atoms with Crippen LogP contribution in [0.1, 0.15) is 17.5 Å². The Morgan fingerprint density at radius 2 is 1.43 bits per heavy atom. The van der Waals surface area contributed by atoms with Gasteiger partial charge in [0.2, 0.25) is 0 Å². The summed E-state index contributed by atoms with van der Waals surface area (Å²) in [7, 11) is 0. The van der Waals surface area contributed by atoms with Crippen LogP contribution < -0.4 is 0 Å². The summed E-state index contributed by atoms with van der Waals surface area (Å²) in [5.74, 6) is 0. The molecular formula is C13H10O. The largest absolute Gasteiger partial charge is 0.456 e. The number of rotatable bonds is 0. The molecular weight excluding hydrogens is 172 g/mol. The Morgan fingerprint density at radius 1 is 0.857 bits per heavy atom. The quantitative estimate of drug-likeness (QED) is 0.518. The van der Waals surface area contributed by atoms with Gasteiger partial charge in [-0.3, -0.25) is 0 Å². The lowest BCUT2D eigenvalue weighted by Crippen LogP contribution is -1.81. The molecule has 0 unspecified atom stereocenters. The highest BCUT2D eigenvalue weighted by Gasteiger charge is 2.16. The first-order chi connectivity index (χ1) is 6.92. The van der Waals surface area contributed by atoms with Crippen molar-refractivity contribution < 1.29 is 4.42 Å². The van der Waals surface area contributed by atoms with Gasteiger partial charge in [-0.2, -0.15) is 0 Å². The standard InChI is InChI=1S/C13H10O/c1-2-8-6-10-11(7-9(8)3-1)13-5-4-12(10)14-13/h4-7H,1-3H2. The van der Waals surface area contributed by atoms with Crippen molar-refractivity contribution in [2.24, 2.45) is 0 Å². The Balaban J connectivity index is 2.24. The van der Waals surface area contributed by atoms with Crippen LogP contribution in [0.25, 0.3) is 21.9 Å². The van der Waals surface area contributed by atoms with E-state index in [2.05, 4.69) is 24.3 Å². The molecule has 1 aliphatic carbocycles. The van der Waals surface area contributed by atoms with Crippen LogP contribution in [0, 0.1) is 0 Å². The summed E-state index contributed by atoms with van der Waals surface area (Å²) in [6.07, 6.45) is 3.81. The van der Waals surface area contributed by atoms with Crippen LogP contribution >= 0.6 is 0 Å². The van der Waals surface area contributed by atoms with E-state index < -0.39 is 0 Å². The maximum atomic E-state index is 5.64. The molecule has 0 spiro atoms. The van der Waals surface area contributed by atoms with E-state index >= 15 is 0 Å². The van der Waals surface area contributed by atoms with Crippen molar-refractivity contribution in [1.82, 2.24) is 0 Å². The summed E-state index contributed by atoms with van der Waals surface area (Å²) in [6.45, 7) is 0. The molecule has 2 heterocycles. The molecule has 0 aliphatic heterocycles. The summed E-state index contributed by atoms with van der Waals surface area (Å²) >= 11 is 0. The SMILES string of the molecule is c1cc2oc1c1cc3c(cc21)CCC3. The maximum absolute atomic E-state index is 5.64. The van der Waals surface area contributed by atoms with Gasteiger partial charge in [0.1, 0.15) is 11.2 Å². The molecule has 0 amide bonds. The molecule has 2 bridgehead atoms. The van der Waals surface area contributed by atoms with E-state index in [1.54, 1.807) is 0 Å². The maximum Gasteiger partial charge on any atom is 0.135 e. The van der Waals surface area contributed by atoms with Gasteiger partial charge in [0.15, 0.2) is 0 Å². The first-order valence-electron chi connectivity index (χ1n) is 5.18. The zero-order valence-corrected chi connectivity index (χ0v) is 7.84. The number of fused-ring (bicyclic) bond motifs is 6.